The van der Waals surface area contributed by atoms with Crippen LogP contribution in [0.1, 0.15) is 11.1 Å². The molecule has 0 aliphatic rings. The molecule has 0 atom stereocenters. The van der Waals surface area contributed by atoms with E-state index >= 15 is 0 Å². The average Bonchev–Trinajstić information content (AvgIpc) is 3.91. The first kappa shape index (κ1) is 27.5. The van der Waals surface area contributed by atoms with Crippen LogP contribution in [0.3, 0.4) is 0 Å². The maximum absolute atomic E-state index is 10.9. The number of nitriles is 2. The van der Waals surface area contributed by atoms with Crippen LogP contribution < -0.4 is 0 Å². The van der Waals surface area contributed by atoms with Crippen LogP contribution in [-0.2, 0) is 0 Å². The fourth-order valence-corrected chi connectivity index (χ4v) is 10.5. The van der Waals surface area contributed by atoms with Gasteiger partial charge in [0.05, 0.1) is 44.6 Å². The lowest BCUT2D eigenvalue weighted by atomic mass is 10.0. The third-order valence-corrected chi connectivity index (χ3v) is 12.5. The average molecular weight is 671 g/mol. The molecule has 4 aromatic heterocycles. The second-order valence-corrected chi connectivity index (χ2v) is 14.8. The van der Waals surface area contributed by atoms with Crippen molar-refractivity contribution in [3.8, 4) is 23.5 Å². The van der Waals surface area contributed by atoms with E-state index in [2.05, 4.69) is 143 Å². The van der Waals surface area contributed by atoms with Crippen LogP contribution in [0.2, 0.25) is 0 Å². The zero-order valence-electron chi connectivity index (χ0n) is 26.3. The van der Waals surface area contributed by atoms with Gasteiger partial charge in [0.2, 0.25) is 0 Å². The molecule has 0 aliphatic carbocycles. The largest absolute Gasteiger partial charge is 0.307 e. The Balaban J connectivity index is 1.36. The topological polar surface area (TPSA) is 57.4 Å². The first-order chi connectivity index (χ1) is 24.7. The molecule has 0 unspecified atom stereocenters. The summed E-state index contributed by atoms with van der Waals surface area (Å²) in [5.41, 5.74) is 6.36. The van der Waals surface area contributed by atoms with Crippen LogP contribution in [0.4, 0.5) is 0 Å². The molecule has 0 amide bonds. The summed E-state index contributed by atoms with van der Waals surface area (Å²) in [6.07, 6.45) is 0. The van der Waals surface area contributed by atoms with Crippen LogP contribution in [-0.4, -0.2) is 9.13 Å². The van der Waals surface area contributed by atoms with Crippen LogP contribution in [0, 0.1) is 22.7 Å². The van der Waals surface area contributed by atoms with Crippen molar-refractivity contribution in [2.45, 2.75) is 0 Å². The Kier molecular flexibility index (Phi) is 5.52. The molecule has 4 nitrogen and oxygen atoms in total. The van der Waals surface area contributed by atoms with E-state index in [9.17, 15) is 10.5 Å². The molecule has 0 saturated carbocycles. The summed E-state index contributed by atoms with van der Waals surface area (Å²) in [6.45, 7) is 0. The summed E-state index contributed by atoms with van der Waals surface area (Å²) >= 11 is 3.62. The molecule has 0 bridgehead atoms. The Morgan fingerprint density at radius 3 is 1.46 bits per heavy atom. The van der Waals surface area contributed by atoms with Gasteiger partial charge in [-0.05, 0) is 60.7 Å². The quantitative estimate of drug-likeness (QED) is 0.184. The van der Waals surface area contributed by atoms with Crippen LogP contribution in [0.5, 0.6) is 0 Å². The number of benzene rings is 7. The third-order valence-electron chi connectivity index (χ3n) is 10.2. The van der Waals surface area contributed by atoms with E-state index in [1.807, 2.05) is 17.4 Å². The van der Waals surface area contributed by atoms with Crippen LogP contribution >= 0.6 is 22.7 Å². The minimum Gasteiger partial charge on any atom is -0.307 e. The predicted octanol–water partition coefficient (Wildman–Crippen LogP) is 12.4. The van der Waals surface area contributed by atoms with E-state index in [-0.39, 0.29) is 0 Å². The van der Waals surface area contributed by atoms with E-state index in [1.54, 1.807) is 17.4 Å². The van der Waals surface area contributed by atoms with Crippen molar-refractivity contribution < 1.29 is 0 Å². The van der Waals surface area contributed by atoms with Gasteiger partial charge in [-0.3, -0.25) is 0 Å². The second kappa shape index (κ2) is 10.0. The van der Waals surface area contributed by atoms with E-state index in [4.69, 9.17) is 0 Å². The molecule has 0 saturated heterocycles. The molecule has 0 N–H and O–H groups in total. The van der Waals surface area contributed by atoms with Crippen molar-refractivity contribution in [3.63, 3.8) is 0 Å². The lowest BCUT2D eigenvalue weighted by Crippen LogP contribution is -2.07. The molecule has 6 heteroatoms. The predicted molar refractivity (Wildman–Crippen MR) is 210 cm³/mol. The Morgan fingerprint density at radius 1 is 0.400 bits per heavy atom. The number of hydrogen-bond donors (Lipinski definition) is 0. The number of thiophene rings is 2. The second-order valence-electron chi connectivity index (χ2n) is 12.6. The van der Waals surface area contributed by atoms with E-state index < -0.39 is 0 Å². The zero-order chi connectivity index (χ0) is 33.1. The molecule has 0 spiro atoms. The van der Waals surface area contributed by atoms with Gasteiger partial charge in [0.25, 0.3) is 0 Å². The van der Waals surface area contributed by atoms with Crippen LogP contribution in [0.25, 0.3) is 95.3 Å². The molecule has 0 radical (unpaired) electrons. The Bertz CT molecular complexity index is 3360. The molecule has 50 heavy (non-hydrogen) atoms. The third kappa shape index (κ3) is 3.46. The molecule has 7 aromatic carbocycles. The Labute approximate surface area is 293 Å². The Morgan fingerprint density at radius 2 is 0.900 bits per heavy atom. The highest BCUT2D eigenvalue weighted by Crippen LogP contribution is 2.47. The lowest BCUT2D eigenvalue weighted by Gasteiger charge is -2.19. The minimum atomic E-state index is 0.353. The van der Waals surface area contributed by atoms with Gasteiger partial charge in [0, 0.05) is 61.9 Å². The maximum Gasteiger partial charge on any atom is 0.103 e. The highest BCUT2D eigenvalue weighted by atomic mass is 32.1. The summed E-state index contributed by atoms with van der Waals surface area (Å²) < 4.78 is 9.50. The SMILES string of the molecule is N#Cc1ccc(-n2c3ccccc3c3c4c(ccc32)sc2ccccc24)c(-n2c3ccccc3c3c4c(ccc32)sc2ccccc24)c1C#N. The smallest absolute Gasteiger partial charge is 0.103 e. The molecular formula is C44H22N4S2. The van der Waals surface area contributed by atoms with E-state index in [0.29, 0.717) is 16.8 Å². The molecule has 4 heterocycles. The fraction of sp³-hybridized carbons (Fsp3) is 0. The Hall–Kier alpha value is -6.44. The molecule has 0 aliphatic heterocycles. The van der Waals surface area contributed by atoms with Crippen LogP contribution in [0.15, 0.2) is 133 Å². The van der Waals surface area contributed by atoms with E-state index in [0.717, 1.165) is 43.9 Å². The fourth-order valence-electron chi connectivity index (χ4n) is 8.24. The van der Waals surface area contributed by atoms with Gasteiger partial charge in [-0.15, -0.1) is 22.7 Å². The highest BCUT2D eigenvalue weighted by Gasteiger charge is 2.26. The number of para-hydroxylation sites is 2. The van der Waals surface area contributed by atoms with E-state index in [1.165, 1.54) is 45.7 Å². The minimum absolute atomic E-state index is 0.353. The summed E-state index contributed by atoms with van der Waals surface area (Å²) in [5.74, 6) is 0. The number of fused-ring (bicyclic) bond motifs is 14. The van der Waals surface area contributed by atoms with Crippen molar-refractivity contribution in [1.82, 2.24) is 9.13 Å². The van der Waals surface area contributed by atoms with Gasteiger partial charge in [-0.1, -0.05) is 72.8 Å². The summed E-state index contributed by atoms with van der Waals surface area (Å²) in [4.78, 5) is 0. The normalized spacial score (nSPS) is 12.0. The van der Waals surface area contributed by atoms with Gasteiger partial charge in [-0.25, -0.2) is 0 Å². The van der Waals surface area contributed by atoms with Gasteiger partial charge >= 0.3 is 0 Å². The molecule has 0 fully saturated rings. The lowest BCUT2D eigenvalue weighted by molar-refractivity contribution is 1.08. The number of aromatic nitrogens is 2. The zero-order valence-corrected chi connectivity index (χ0v) is 27.9. The maximum atomic E-state index is 10.9. The highest BCUT2D eigenvalue weighted by molar-refractivity contribution is 7.26. The summed E-state index contributed by atoms with van der Waals surface area (Å²) in [5, 5.41) is 30.8. The molecular weight excluding hydrogens is 649 g/mol. The first-order valence-corrected chi connectivity index (χ1v) is 18.0. The van der Waals surface area contributed by atoms with Crippen molar-refractivity contribution >= 4 is 107 Å². The summed E-state index contributed by atoms with van der Waals surface area (Å²) in [6, 6.07) is 51.7. The number of hydrogen-bond acceptors (Lipinski definition) is 4. The molecule has 11 rings (SSSR count). The monoisotopic (exact) mass is 670 g/mol. The van der Waals surface area contributed by atoms with Gasteiger partial charge in [0.1, 0.15) is 12.1 Å². The summed E-state index contributed by atoms with van der Waals surface area (Å²) in [7, 11) is 0. The van der Waals surface area contributed by atoms with Crippen molar-refractivity contribution in [2.75, 3.05) is 0 Å². The molecule has 11 aromatic rings. The van der Waals surface area contributed by atoms with Crippen molar-refractivity contribution in [1.29, 1.82) is 10.5 Å². The van der Waals surface area contributed by atoms with Gasteiger partial charge in [0.15, 0.2) is 0 Å². The van der Waals surface area contributed by atoms with Gasteiger partial charge in [-0.2, -0.15) is 10.5 Å². The van der Waals surface area contributed by atoms with Gasteiger partial charge < -0.3 is 9.13 Å². The number of rotatable bonds is 2. The molecule has 230 valence electrons. The van der Waals surface area contributed by atoms with Crippen molar-refractivity contribution in [2.24, 2.45) is 0 Å². The van der Waals surface area contributed by atoms with Crippen molar-refractivity contribution in [3.05, 3.63) is 145 Å². The standard InChI is InChI=1S/C44H22N4S2/c45-23-25-17-18-35(47-31-13-5-1-9-26(31)40-33(47)19-21-38-42(40)28-11-3-7-15-36(28)49-38)44(30(25)24-46)48-32-14-6-2-10-27(32)41-34(48)20-22-39-43(41)29-12-4-8-16-37(29)50-39/h1-22H. The number of nitrogens with zero attached hydrogens (tertiary/aromatic N) is 4. The first-order valence-electron chi connectivity index (χ1n) is 16.4.